The van der Waals surface area contributed by atoms with Gasteiger partial charge in [-0.3, -0.25) is 9.59 Å². The van der Waals surface area contributed by atoms with E-state index in [2.05, 4.69) is 0 Å². The Kier molecular flexibility index (Phi) is 5.70. The summed E-state index contributed by atoms with van der Waals surface area (Å²) in [4.78, 5) is 25.0. The Balaban J connectivity index is 2.86. The molecule has 1 aromatic carbocycles. The molecule has 0 heterocycles. The second-order valence-corrected chi connectivity index (χ2v) is 5.25. The third-order valence-electron chi connectivity index (χ3n) is 3.35. The fraction of sp³-hybridized carbons (Fsp3) is 0.467. The molecule has 5 heteroatoms. The summed E-state index contributed by atoms with van der Waals surface area (Å²) in [5.41, 5.74) is 12.2. The first-order valence-corrected chi connectivity index (χ1v) is 6.74. The highest BCUT2D eigenvalue weighted by molar-refractivity contribution is 5.85. The summed E-state index contributed by atoms with van der Waals surface area (Å²) in [6.45, 7) is 5.39. The van der Waals surface area contributed by atoms with Crippen LogP contribution < -0.4 is 11.5 Å². The second-order valence-electron chi connectivity index (χ2n) is 5.25. The van der Waals surface area contributed by atoms with Crippen LogP contribution in [0.25, 0.3) is 0 Å². The summed E-state index contributed by atoms with van der Waals surface area (Å²) in [5.74, 6) is -1.10. The number of rotatable bonds is 6. The van der Waals surface area contributed by atoms with Gasteiger partial charge in [0.15, 0.2) is 0 Å². The molecule has 5 nitrogen and oxygen atoms in total. The van der Waals surface area contributed by atoms with Gasteiger partial charge in [-0.25, -0.2) is 0 Å². The van der Waals surface area contributed by atoms with E-state index in [0.717, 1.165) is 5.56 Å². The van der Waals surface area contributed by atoms with Crippen LogP contribution in [-0.4, -0.2) is 29.3 Å². The van der Waals surface area contributed by atoms with Gasteiger partial charge in [0.25, 0.3) is 0 Å². The van der Waals surface area contributed by atoms with Gasteiger partial charge in [0, 0.05) is 12.1 Å². The van der Waals surface area contributed by atoms with Gasteiger partial charge in [0.1, 0.15) is 0 Å². The first kappa shape index (κ1) is 16.2. The predicted molar refractivity (Wildman–Crippen MR) is 78.6 cm³/mol. The number of hydrogen-bond acceptors (Lipinski definition) is 3. The Morgan fingerprint density at radius 3 is 2.15 bits per heavy atom. The Hall–Kier alpha value is -1.88. The van der Waals surface area contributed by atoms with Gasteiger partial charge in [-0.1, -0.05) is 37.3 Å². The highest BCUT2D eigenvalue weighted by Gasteiger charge is 2.28. The summed E-state index contributed by atoms with van der Waals surface area (Å²) >= 11 is 0. The van der Waals surface area contributed by atoms with Crippen LogP contribution in [0.4, 0.5) is 0 Å². The average Bonchev–Trinajstić information content (AvgIpc) is 2.43. The van der Waals surface area contributed by atoms with Crippen molar-refractivity contribution < 1.29 is 9.59 Å². The van der Waals surface area contributed by atoms with E-state index in [0.29, 0.717) is 0 Å². The number of primary amides is 1. The van der Waals surface area contributed by atoms with Crippen LogP contribution in [-0.2, 0) is 9.59 Å². The minimum atomic E-state index is -0.521. The first-order chi connectivity index (χ1) is 9.34. The molecule has 20 heavy (non-hydrogen) atoms. The maximum Gasteiger partial charge on any atom is 0.237 e. The van der Waals surface area contributed by atoms with Gasteiger partial charge < -0.3 is 16.4 Å². The third kappa shape index (κ3) is 4.06. The zero-order valence-electron chi connectivity index (χ0n) is 12.2. The molecular formula is C15H23N3O2. The molecule has 0 radical (unpaired) electrons. The largest absolute Gasteiger partial charge is 0.368 e. The molecule has 0 aromatic heterocycles. The van der Waals surface area contributed by atoms with Crippen molar-refractivity contribution in [3.8, 4) is 0 Å². The lowest BCUT2D eigenvalue weighted by Gasteiger charge is -2.30. The van der Waals surface area contributed by atoms with Crippen LogP contribution in [0.5, 0.6) is 0 Å². The van der Waals surface area contributed by atoms with Gasteiger partial charge in [0.2, 0.25) is 11.8 Å². The van der Waals surface area contributed by atoms with Crippen LogP contribution in [0.1, 0.15) is 32.4 Å². The Morgan fingerprint density at radius 2 is 1.70 bits per heavy atom. The minimum absolute atomic E-state index is 0.0810. The highest BCUT2D eigenvalue weighted by atomic mass is 16.2. The van der Waals surface area contributed by atoms with Gasteiger partial charge in [-0.05, 0) is 19.4 Å². The lowest BCUT2D eigenvalue weighted by molar-refractivity contribution is -0.140. The molecule has 0 spiro atoms. The number of carbonyl (C=O) groups excluding carboxylic acids is 2. The monoisotopic (exact) mass is 277 g/mol. The van der Waals surface area contributed by atoms with Crippen molar-refractivity contribution in [3.05, 3.63) is 35.9 Å². The Labute approximate surface area is 119 Å². The maximum absolute atomic E-state index is 12.5. The predicted octanol–water partition coefficient (Wildman–Crippen LogP) is 1.04. The quantitative estimate of drug-likeness (QED) is 0.814. The van der Waals surface area contributed by atoms with Gasteiger partial charge in [-0.2, -0.15) is 0 Å². The fourth-order valence-electron chi connectivity index (χ4n) is 2.06. The molecule has 0 bridgehead atoms. The first-order valence-electron chi connectivity index (χ1n) is 6.74. The topological polar surface area (TPSA) is 89.4 Å². The van der Waals surface area contributed by atoms with Crippen LogP contribution in [0.3, 0.4) is 0 Å². The molecule has 0 aliphatic heterocycles. The summed E-state index contributed by atoms with van der Waals surface area (Å²) in [6, 6.07) is 8.95. The van der Waals surface area contributed by atoms with E-state index in [1.54, 1.807) is 6.92 Å². The molecular weight excluding hydrogens is 254 g/mol. The molecule has 0 saturated heterocycles. The Morgan fingerprint density at radius 1 is 1.15 bits per heavy atom. The van der Waals surface area contributed by atoms with E-state index in [1.165, 1.54) is 4.90 Å². The van der Waals surface area contributed by atoms with Crippen molar-refractivity contribution in [2.75, 3.05) is 6.54 Å². The third-order valence-corrected chi connectivity index (χ3v) is 3.35. The zero-order chi connectivity index (χ0) is 15.3. The number of nitrogens with zero attached hydrogens (tertiary/aromatic N) is 1. The molecule has 2 amide bonds. The standard InChI is InChI=1S/C15H23N3O2/c1-10(2)18(9-13(16)19)15(20)11(3)14(17)12-7-5-4-6-8-12/h4-8,10-11,14H,9,17H2,1-3H3,(H2,16,19). The highest BCUT2D eigenvalue weighted by Crippen LogP contribution is 2.21. The lowest BCUT2D eigenvalue weighted by Crippen LogP contribution is -2.47. The van der Waals surface area contributed by atoms with Crippen molar-refractivity contribution in [1.29, 1.82) is 0 Å². The smallest absolute Gasteiger partial charge is 0.237 e. The number of amides is 2. The molecule has 0 fully saturated rings. The molecule has 1 rings (SSSR count). The minimum Gasteiger partial charge on any atom is -0.368 e. The number of hydrogen-bond donors (Lipinski definition) is 2. The molecule has 0 aliphatic carbocycles. The average molecular weight is 277 g/mol. The van der Waals surface area contributed by atoms with Crippen LogP contribution in [0, 0.1) is 5.92 Å². The van der Waals surface area contributed by atoms with Gasteiger partial charge >= 0.3 is 0 Å². The van der Waals surface area contributed by atoms with E-state index in [4.69, 9.17) is 11.5 Å². The summed E-state index contributed by atoms with van der Waals surface area (Å²) < 4.78 is 0. The zero-order valence-corrected chi connectivity index (χ0v) is 12.2. The van der Waals surface area contributed by atoms with Crippen LogP contribution in [0.15, 0.2) is 30.3 Å². The molecule has 110 valence electrons. The summed E-state index contributed by atoms with van der Waals surface area (Å²) in [5, 5.41) is 0. The molecule has 2 atom stereocenters. The van der Waals surface area contributed by atoms with Gasteiger partial charge in [-0.15, -0.1) is 0 Å². The number of nitrogens with two attached hydrogens (primary N) is 2. The lowest BCUT2D eigenvalue weighted by atomic mass is 9.94. The van der Waals surface area contributed by atoms with E-state index in [9.17, 15) is 9.59 Å². The van der Waals surface area contributed by atoms with Crippen molar-refractivity contribution in [2.45, 2.75) is 32.9 Å². The number of benzene rings is 1. The van der Waals surface area contributed by atoms with Crippen LogP contribution >= 0.6 is 0 Å². The van der Waals surface area contributed by atoms with E-state index in [-0.39, 0.29) is 18.5 Å². The van der Waals surface area contributed by atoms with Crippen molar-refractivity contribution in [3.63, 3.8) is 0 Å². The van der Waals surface area contributed by atoms with E-state index < -0.39 is 17.9 Å². The SMILES string of the molecule is CC(C(=O)N(CC(N)=O)C(C)C)C(N)c1ccccc1. The summed E-state index contributed by atoms with van der Waals surface area (Å²) in [6.07, 6.45) is 0. The fourth-order valence-corrected chi connectivity index (χ4v) is 2.06. The van der Waals surface area contributed by atoms with E-state index in [1.807, 2.05) is 44.2 Å². The maximum atomic E-state index is 12.5. The summed E-state index contributed by atoms with van der Waals surface area (Å²) in [7, 11) is 0. The molecule has 0 aliphatic rings. The normalized spacial score (nSPS) is 13.8. The Bertz CT molecular complexity index is 459. The van der Waals surface area contributed by atoms with Crippen molar-refractivity contribution in [2.24, 2.45) is 17.4 Å². The molecule has 2 unspecified atom stereocenters. The van der Waals surface area contributed by atoms with E-state index >= 15 is 0 Å². The molecule has 0 saturated carbocycles. The molecule has 4 N–H and O–H groups in total. The second kappa shape index (κ2) is 7.05. The van der Waals surface area contributed by atoms with Crippen LogP contribution in [0.2, 0.25) is 0 Å². The van der Waals surface area contributed by atoms with Gasteiger partial charge in [0.05, 0.1) is 12.5 Å². The number of carbonyl (C=O) groups is 2. The molecule has 1 aromatic rings. The van der Waals surface area contributed by atoms with Crippen molar-refractivity contribution >= 4 is 11.8 Å². The van der Waals surface area contributed by atoms with Crippen molar-refractivity contribution in [1.82, 2.24) is 4.90 Å².